The molecule has 0 aliphatic rings. The Hall–Kier alpha value is -1.04. The lowest BCUT2D eigenvalue weighted by Crippen LogP contribution is -2.24. The SMILES string of the molecule is CCCc1ccccc1S(=O)(=O)C(F)(F)F. The van der Waals surface area contributed by atoms with Gasteiger partial charge in [-0.05, 0) is 18.1 Å². The fourth-order valence-corrected chi connectivity index (χ4v) is 2.39. The molecule has 1 aromatic carbocycles. The van der Waals surface area contributed by atoms with Crippen LogP contribution in [0.5, 0.6) is 0 Å². The predicted molar refractivity (Wildman–Crippen MR) is 53.7 cm³/mol. The summed E-state index contributed by atoms with van der Waals surface area (Å²) in [6.45, 7) is 1.77. The average Bonchev–Trinajstić information content (AvgIpc) is 2.17. The first-order valence-electron chi connectivity index (χ1n) is 4.70. The number of aryl methyl sites for hydroxylation is 1. The fourth-order valence-electron chi connectivity index (χ4n) is 1.37. The minimum absolute atomic E-state index is 0.210. The normalized spacial score (nSPS) is 12.8. The van der Waals surface area contributed by atoms with Gasteiger partial charge in [0.2, 0.25) is 0 Å². The Morgan fingerprint density at radius 1 is 1.19 bits per heavy atom. The van der Waals surface area contributed by atoms with Crippen LogP contribution in [0.4, 0.5) is 13.2 Å². The van der Waals surface area contributed by atoms with Crippen molar-refractivity contribution in [2.75, 3.05) is 0 Å². The van der Waals surface area contributed by atoms with Gasteiger partial charge in [-0.15, -0.1) is 0 Å². The Balaban J connectivity index is 3.34. The monoisotopic (exact) mass is 252 g/mol. The van der Waals surface area contributed by atoms with Crippen LogP contribution < -0.4 is 0 Å². The van der Waals surface area contributed by atoms with Crippen molar-refractivity contribution in [3.05, 3.63) is 29.8 Å². The summed E-state index contributed by atoms with van der Waals surface area (Å²) in [5.74, 6) is 0. The van der Waals surface area contributed by atoms with Gasteiger partial charge < -0.3 is 0 Å². The molecule has 0 N–H and O–H groups in total. The van der Waals surface area contributed by atoms with E-state index in [2.05, 4.69) is 0 Å². The highest BCUT2D eigenvalue weighted by atomic mass is 32.2. The largest absolute Gasteiger partial charge is 0.501 e. The number of benzene rings is 1. The maximum atomic E-state index is 12.4. The smallest absolute Gasteiger partial charge is 0.214 e. The van der Waals surface area contributed by atoms with Crippen LogP contribution in [0.2, 0.25) is 0 Å². The Morgan fingerprint density at radius 2 is 1.75 bits per heavy atom. The molecule has 0 amide bonds. The molecule has 0 atom stereocenters. The topological polar surface area (TPSA) is 34.1 Å². The van der Waals surface area contributed by atoms with Crippen LogP contribution in [0.25, 0.3) is 0 Å². The van der Waals surface area contributed by atoms with Gasteiger partial charge in [0.1, 0.15) is 0 Å². The van der Waals surface area contributed by atoms with E-state index in [0.29, 0.717) is 12.8 Å². The van der Waals surface area contributed by atoms with Gasteiger partial charge in [0.15, 0.2) is 0 Å². The molecule has 90 valence electrons. The molecule has 0 radical (unpaired) electrons. The minimum Gasteiger partial charge on any atom is -0.214 e. The number of alkyl halides is 3. The van der Waals surface area contributed by atoms with Crippen molar-refractivity contribution in [1.82, 2.24) is 0 Å². The first-order valence-corrected chi connectivity index (χ1v) is 6.18. The number of hydrogen-bond donors (Lipinski definition) is 0. The second kappa shape index (κ2) is 4.45. The van der Waals surface area contributed by atoms with Crippen LogP contribution in [0, 0.1) is 0 Å². The maximum absolute atomic E-state index is 12.4. The van der Waals surface area contributed by atoms with Gasteiger partial charge in [0.05, 0.1) is 4.90 Å². The summed E-state index contributed by atoms with van der Waals surface area (Å²) in [6, 6.07) is 5.22. The van der Waals surface area contributed by atoms with Crippen molar-refractivity contribution in [1.29, 1.82) is 0 Å². The van der Waals surface area contributed by atoms with Gasteiger partial charge in [-0.3, -0.25) is 0 Å². The molecule has 16 heavy (non-hydrogen) atoms. The molecular weight excluding hydrogens is 241 g/mol. The van der Waals surface area contributed by atoms with Crippen molar-refractivity contribution >= 4 is 9.84 Å². The third-order valence-corrected chi connectivity index (χ3v) is 3.67. The minimum atomic E-state index is -5.24. The van der Waals surface area contributed by atoms with Crippen LogP contribution >= 0.6 is 0 Å². The first-order chi connectivity index (χ1) is 7.30. The Kier molecular flexibility index (Phi) is 3.62. The zero-order chi connectivity index (χ0) is 12.4. The van der Waals surface area contributed by atoms with Gasteiger partial charge in [0.25, 0.3) is 9.84 Å². The summed E-state index contributed by atoms with van der Waals surface area (Å²) in [5, 5.41) is 0. The molecule has 0 saturated carbocycles. The summed E-state index contributed by atoms with van der Waals surface area (Å²) in [5.41, 5.74) is -5.03. The van der Waals surface area contributed by atoms with Crippen molar-refractivity contribution < 1.29 is 21.6 Å². The molecule has 0 bridgehead atoms. The van der Waals surface area contributed by atoms with Gasteiger partial charge in [0, 0.05) is 0 Å². The van der Waals surface area contributed by atoms with Crippen LogP contribution in [-0.4, -0.2) is 13.9 Å². The average molecular weight is 252 g/mol. The van der Waals surface area contributed by atoms with E-state index < -0.39 is 20.2 Å². The molecule has 0 unspecified atom stereocenters. The van der Waals surface area contributed by atoms with E-state index in [4.69, 9.17) is 0 Å². The van der Waals surface area contributed by atoms with E-state index in [0.717, 1.165) is 6.07 Å². The Morgan fingerprint density at radius 3 is 2.25 bits per heavy atom. The second-order valence-electron chi connectivity index (χ2n) is 3.31. The van der Waals surface area contributed by atoms with Crippen LogP contribution in [0.3, 0.4) is 0 Å². The number of hydrogen-bond acceptors (Lipinski definition) is 2. The molecule has 2 nitrogen and oxygen atoms in total. The van der Waals surface area contributed by atoms with Gasteiger partial charge >= 0.3 is 5.51 Å². The molecule has 1 aromatic rings. The van der Waals surface area contributed by atoms with Crippen LogP contribution in [-0.2, 0) is 16.3 Å². The highest BCUT2D eigenvalue weighted by Crippen LogP contribution is 2.32. The lowest BCUT2D eigenvalue weighted by Gasteiger charge is -2.11. The highest BCUT2D eigenvalue weighted by molar-refractivity contribution is 7.92. The summed E-state index contributed by atoms with van der Waals surface area (Å²) in [7, 11) is -5.23. The zero-order valence-corrected chi connectivity index (χ0v) is 9.40. The van der Waals surface area contributed by atoms with E-state index in [9.17, 15) is 21.6 Å². The molecule has 0 spiro atoms. The van der Waals surface area contributed by atoms with Crippen molar-refractivity contribution in [3.8, 4) is 0 Å². The van der Waals surface area contributed by atoms with Gasteiger partial charge in [-0.2, -0.15) is 13.2 Å². The Labute approximate surface area is 92.0 Å². The van der Waals surface area contributed by atoms with Gasteiger partial charge in [-0.1, -0.05) is 31.5 Å². The van der Waals surface area contributed by atoms with E-state index in [1.165, 1.54) is 18.2 Å². The van der Waals surface area contributed by atoms with Crippen molar-refractivity contribution in [2.24, 2.45) is 0 Å². The van der Waals surface area contributed by atoms with Crippen LogP contribution in [0.15, 0.2) is 29.2 Å². The molecule has 0 aliphatic heterocycles. The quantitative estimate of drug-likeness (QED) is 0.828. The fraction of sp³-hybridized carbons (Fsp3) is 0.400. The number of halogens is 3. The van der Waals surface area contributed by atoms with E-state index >= 15 is 0 Å². The standard InChI is InChI=1S/C10H11F3O2S/c1-2-5-8-6-3-4-7-9(8)16(14,15)10(11,12)13/h3-4,6-7H,2,5H2,1H3. The molecule has 0 saturated heterocycles. The van der Waals surface area contributed by atoms with E-state index in [1.807, 2.05) is 0 Å². The first kappa shape index (κ1) is 13.0. The van der Waals surface area contributed by atoms with Crippen molar-refractivity contribution in [3.63, 3.8) is 0 Å². The molecule has 0 heterocycles. The predicted octanol–water partition coefficient (Wildman–Crippen LogP) is 2.93. The molecular formula is C10H11F3O2S. The molecule has 0 aliphatic carbocycles. The number of rotatable bonds is 3. The lowest BCUT2D eigenvalue weighted by molar-refractivity contribution is -0.0436. The third kappa shape index (κ3) is 2.37. The molecule has 0 fully saturated rings. The molecule has 0 aromatic heterocycles. The maximum Gasteiger partial charge on any atom is 0.501 e. The summed E-state index contributed by atoms with van der Waals surface area (Å²) >= 11 is 0. The summed E-state index contributed by atoms with van der Waals surface area (Å²) in [6.07, 6.45) is 0.899. The Bertz CT molecular complexity index is 463. The van der Waals surface area contributed by atoms with E-state index in [1.54, 1.807) is 6.92 Å². The molecule has 1 rings (SSSR count). The summed E-state index contributed by atoms with van der Waals surface area (Å²) in [4.78, 5) is -0.635. The summed E-state index contributed by atoms with van der Waals surface area (Å²) < 4.78 is 59.5. The van der Waals surface area contributed by atoms with Crippen LogP contribution in [0.1, 0.15) is 18.9 Å². The zero-order valence-electron chi connectivity index (χ0n) is 8.58. The molecule has 6 heteroatoms. The van der Waals surface area contributed by atoms with Gasteiger partial charge in [-0.25, -0.2) is 8.42 Å². The van der Waals surface area contributed by atoms with E-state index in [-0.39, 0.29) is 5.56 Å². The van der Waals surface area contributed by atoms with Crippen molar-refractivity contribution in [2.45, 2.75) is 30.2 Å². The third-order valence-electron chi connectivity index (χ3n) is 2.09. The lowest BCUT2D eigenvalue weighted by atomic mass is 10.1. The number of sulfone groups is 1. The highest BCUT2D eigenvalue weighted by Gasteiger charge is 2.47. The second-order valence-corrected chi connectivity index (χ2v) is 5.22.